The standard InChI is InChI=1S/C23H26F2N4O6S2.C21H22F2N4O5S2/c1-15-8-16(33-3)10-17(9-15)35-20-11-19(25)21(12-18(20)24)37(30,31)29(14-32-2)23-26-22(27-36-23)13-28-4-6-34-7-5-28;1-13-7-14(30-2)9-15(8-13)32-18-10-17(23)19(11-16(18)22)34(28,29)26-21-24-20(25-33-21)12-27-3-5-31-6-4-27/h8-12H,4-7,13-14H2,1-3H3;7-11H,3-6,12H2,1-2H3,(H,24,25,26). The number of morpholine rings is 2. The Bertz CT molecular complexity index is 3030. The first-order chi connectivity index (χ1) is 33.9. The van der Waals surface area contributed by atoms with Gasteiger partial charge in [0.05, 0.1) is 53.7 Å². The molecule has 27 heteroatoms. The molecular formula is C44H48F4N8O11S4. The van der Waals surface area contributed by atoms with Gasteiger partial charge in [-0.15, -0.1) is 0 Å². The molecule has 0 spiro atoms. The van der Waals surface area contributed by atoms with Gasteiger partial charge in [-0.1, -0.05) is 0 Å². The molecular weight excluding hydrogens is 1020 g/mol. The number of methoxy groups -OCH3 is 3. The van der Waals surface area contributed by atoms with Crippen LogP contribution in [0.25, 0.3) is 0 Å². The Kier molecular flexibility index (Phi) is 17.6. The van der Waals surface area contributed by atoms with Gasteiger partial charge in [-0.25, -0.2) is 48.7 Å². The van der Waals surface area contributed by atoms with Crippen molar-refractivity contribution >= 4 is 53.4 Å². The number of hydrogen-bond donors (Lipinski definition) is 1. The van der Waals surface area contributed by atoms with Crippen molar-refractivity contribution in [2.45, 2.75) is 36.7 Å². The molecule has 1 N–H and O–H groups in total. The van der Waals surface area contributed by atoms with E-state index in [0.717, 1.165) is 38.5 Å². The lowest BCUT2D eigenvalue weighted by Crippen LogP contribution is -2.36. The SMILES string of the molecule is COCN(c1nc(CN2CCOCC2)ns1)S(=O)(=O)c1cc(F)c(Oc2cc(C)cc(OC)c2)cc1F.COc1cc(C)cc(Oc2cc(F)c(S(=O)(=O)Nc3nc(CN4CCOCC4)ns3)cc2F)c1. The molecule has 0 bridgehead atoms. The fourth-order valence-corrected chi connectivity index (χ4v) is 11.1. The van der Waals surface area contributed by atoms with Crippen molar-refractivity contribution in [3.8, 4) is 34.5 Å². The van der Waals surface area contributed by atoms with Crippen molar-refractivity contribution in [1.29, 1.82) is 0 Å². The van der Waals surface area contributed by atoms with Crippen molar-refractivity contribution in [1.82, 2.24) is 28.5 Å². The van der Waals surface area contributed by atoms with Crippen LogP contribution >= 0.6 is 23.1 Å². The van der Waals surface area contributed by atoms with E-state index < -0.39 is 71.3 Å². The van der Waals surface area contributed by atoms with Crippen LogP contribution in [0, 0.1) is 37.1 Å². The minimum Gasteiger partial charge on any atom is -0.497 e. The molecule has 71 heavy (non-hydrogen) atoms. The number of ether oxygens (including phenoxy) is 7. The summed E-state index contributed by atoms with van der Waals surface area (Å²) in [6.07, 6.45) is 0. The van der Waals surface area contributed by atoms with E-state index in [4.69, 9.17) is 33.2 Å². The fourth-order valence-electron chi connectivity index (χ4n) is 6.94. The first-order valence-electron chi connectivity index (χ1n) is 21.4. The third kappa shape index (κ3) is 13.8. The molecule has 0 unspecified atom stereocenters. The maximum absolute atomic E-state index is 15.1. The monoisotopic (exact) mass is 1070 g/mol. The van der Waals surface area contributed by atoms with Crippen LogP contribution < -0.4 is 28.0 Å². The first-order valence-corrected chi connectivity index (χ1v) is 25.9. The van der Waals surface area contributed by atoms with Crippen LogP contribution in [-0.4, -0.2) is 126 Å². The van der Waals surface area contributed by atoms with Crippen LogP contribution in [0.15, 0.2) is 70.5 Å². The van der Waals surface area contributed by atoms with E-state index in [-0.39, 0.29) is 21.8 Å². The summed E-state index contributed by atoms with van der Waals surface area (Å²) < 4.78 is 160. The van der Waals surface area contributed by atoms with Crippen LogP contribution in [0.3, 0.4) is 0 Å². The second-order valence-corrected chi connectivity index (χ2v) is 20.6. The van der Waals surface area contributed by atoms with Gasteiger partial charge in [-0.2, -0.15) is 8.75 Å². The first kappa shape index (κ1) is 53.0. The summed E-state index contributed by atoms with van der Waals surface area (Å²) in [5.74, 6) is -3.25. The van der Waals surface area contributed by atoms with Gasteiger partial charge in [0.15, 0.2) is 34.8 Å². The molecule has 0 radical (unpaired) electrons. The number of benzene rings is 4. The molecule has 0 aliphatic carbocycles. The Morgan fingerprint density at radius 2 is 1.08 bits per heavy atom. The molecule has 382 valence electrons. The minimum atomic E-state index is -4.60. The van der Waals surface area contributed by atoms with E-state index in [1.54, 1.807) is 38.1 Å². The third-order valence-corrected chi connectivity index (χ3v) is 15.1. The molecule has 8 rings (SSSR count). The smallest absolute Gasteiger partial charge is 0.271 e. The normalized spacial score (nSPS) is 14.6. The van der Waals surface area contributed by atoms with E-state index in [1.807, 2.05) is 0 Å². The molecule has 2 aromatic heterocycles. The summed E-state index contributed by atoms with van der Waals surface area (Å²) in [7, 11) is -4.85. The van der Waals surface area contributed by atoms with Gasteiger partial charge in [-0.3, -0.25) is 14.5 Å². The van der Waals surface area contributed by atoms with Crippen molar-refractivity contribution in [3.63, 3.8) is 0 Å². The average Bonchev–Trinajstić information content (AvgIpc) is 3.99. The van der Waals surface area contributed by atoms with Crippen molar-refractivity contribution < 1.29 is 67.6 Å². The molecule has 0 atom stereocenters. The molecule has 0 saturated carbocycles. The van der Waals surface area contributed by atoms with Gasteiger partial charge in [0.25, 0.3) is 20.0 Å². The highest BCUT2D eigenvalue weighted by Crippen LogP contribution is 2.35. The van der Waals surface area contributed by atoms with Crippen LogP contribution in [0.2, 0.25) is 0 Å². The van der Waals surface area contributed by atoms with Gasteiger partial charge in [-0.05, 0) is 49.2 Å². The van der Waals surface area contributed by atoms with Crippen LogP contribution in [0.1, 0.15) is 22.8 Å². The number of hydrogen-bond acceptors (Lipinski definition) is 19. The quantitative estimate of drug-likeness (QED) is 0.0672. The largest absolute Gasteiger partial charge is 0.497 e. The zero-order valence-electron chi connectivity index (χ0n) is 38.8. The second kappa shape index (κ2) is 23.6. The van der Waals surface area contributed by atoms with E-state index in [2.05, 4.69) is 33.2 Å². The molecule has 4 heterocycles. The Morgan fingerprint density at radius 1 is 0.620 bits per heavy atom. The number of aromatic nitrogens is 4. The Morgan fingerprint density at radius 3 is 1.59 bits per heavy atom. The predicted octanol–water partition coefficient (Wildman–Crippen LogP) is 7.12. The van der Waals surface area contributed by atoms with Crippen LogP contribution in [0.4, 0.5) is 27.8 Å². The Labute approximate surface area is 415 Å². The number of anilines is 2. The molecule has 4 aromatic carbocycles. The highest BCUT2D eigenvalue weighted by atomic mass is 32.2. The summed E-state index contributed by atoms with van der Waals surface area (Å²) in [4.78, 5) is 10.8. The lowest BCUT2D eigenvalue weighted by atomic mass is 10.2. The average molecular weight is 1070 g/mol. The van der Waals surface area contributed by atoms with Gasteiger partial charge in [0.2, 0.25) is 10.3 Å². The fraction of sp³-hybridized carbons (Fsp3) is 0.364. The highest BCUT2D eigenvalue weighted by molar-refractivity contribution is 7.93. The van der Waals surface area contributed by atoms with Crippen molar-refractivity contribution in [2.24, 2.45) is 0 Å². The molecule has 2 aliphatic heterocycles. The van der Waals surface area contributed by atoms with E-state index >= 15 is 4.39 Å². The predicted molar refractivity (Wildman–Crippen MR) is 253 cm³/mol. The number of nitrogens with zero attached hydrogens (tertiary/aromatic N) is 7. The lowest BCUT2D eigenvalue weighted by Gasteiger charge is -2.25. The molecule has 19 nitrogen and oxygen atoms in total. The van der Waals surface area contributed by atoms with Gasteiger partial charge in [0.1, 0.15) is 51.2 Å². The molecule has 2 saturated heterocycles. The Balaban J connectivity index is 0.000000209. The lowest BCUT2D eigenvalue weighted by molar-refractivity contribution is 0.0331. The zero-order chi connectivity index (χ0) is 50.9. The molecule has 6 aromatic rings. The van der Waals surface area contributed by atoms with Gasteiger partial charge < -0.3 is 33.2 Å². The molecule has 0 amide bonds. The Hall–Kier alpha value is -5.78. The third-order valence-electron chi connectivity index (χ3n) is 10.4. The van der Waals surface area contributed by atoms with E-state index in [9.17, 15) is 30.0 Å². The van der Waals surface area contributed by atoms with E-state index in [1.165, 1.54) is 33.5 Å². The number of nitrogens with one attached hydrogen (secondary N) is 1. The maximum Gasteiger partial charge on any atom is 0.271 e. The number of aryl methyl sites for hydroxylation is 2. The van der Waals surface area contributed by atoms with Crippen molar-refractivity contribution in [2.75, 3.05) is 89.7 Å². The minimum absolute atomic E-state index is 0.0305. The summed E-state index contributed by atoms with van der Waals surface area (Å²) in [6.45, 7) is 9.13. The highest BCUT2D eigenvalue weighted by Gasteiger charge is 2.33. The molecule has 2 aliphatic rings. The summed E-state index contributed by atoms with van der Waals surface area (Å²) in [6, 6.07) is 12.2. The zero-order valence-corrected chi connectivity index (χ0v) is 42.1. The van der Waals surface area contributed by atoms with Crippen molar-refractivity contribution in [3.05, 3.63) is 107 Å². The second-order valence-electron chi connectivity index (χ2n) is 15.7. The van der Waals surface area contributed by atoms with E-state index in [0.29, 0.717) is 113 Å². The number of sulfonamides is 2. The summed E-state index contributed by atoms with van der Waals surface area (Å²) in [5.41, 5.74) is 1.55. The number of halogens is 4. The molecule has 2 fully saturated rings. The van der Waals surface area contributed by atoms with Gasteiger partial charge in [0, 0.05) is 92.8 Å². The summed E-state index contributed by atoms with van der Waals surface area (Å²) in [5, 5.41) is -0.0765. The number of rotatable bonds is 18. The van der Waals surface area contributed by atoms with Crippen LogP contribution in [0.5, 0.6) is 34.5 Å². The summed E-state index contributed by atoms with van der Waals surface area (Å²) >= 11 is 1.64. The topological polar surface area (TPSA) is 206 Å². The van der Waals surface area contributed by atoms with Crippen LogP contribution in [-0.2, 0) is 47.3 Å². The maximum atomic E-state index is 15.1. The van der Waals surface area contributed by atoms with Gasteiger partial charge >= 0.3 is 0 Å².